The number of rotatable bonds is 1. The first-order valence-corrected chi connectivity index (χ1v) is 5.55. The second-order valence-corrected chi connectivity index (χ2v) is 4.23. The molecular formula is C12H17NO2. The molecule has 1 aliphatic rings. The Kier molecular flexibility index (Phi) is 2.80. The van der Waals surface area contributed by atoms with Crippen LogP contribution >= 0.6 is 0 Å². The van der Waals surface area contributed by atoms with Gasteiger partial charge in [0.25, 0.3) is 5.91 Å². The van der Waals surface area contributed by atoms with Crippen molar-refractivity contribution in [2.45, 2.75) is 39.2 Å². The van der Waals surface area contributed by atoms with Gasteiger partial charge in [0, 0.05) is 12.6 Å². The van der Waals surface area contributed by atoms with Gasteiger partial charge in [-0.25, -0.2) is 0 Å². The van der Waals surface area contributed by atoms with Gasteiger partial charge < -0.3 is 9.32 Å². The van der Waals surface area contributed by atoms with Gasteiger partial charge in [0.1, 0.15) is 5.76 Å². The van der Waals surface area contributed by atoms with Crippen molar-refractivity contribution in [3.8, 4) is 0 Å². The Morgan fingerprint density at radius 1 is 1.53 bits per heavy atom. The average molecular weight is 207 g/mol. The first-order chi connectivity index (χ1) is 7.20. The number of hydrogen-bond donors (Lipinski definition) is 0. The van der Waals surface area contributed by atoms with Crippen LogP contribution in [0.5, 0.6) is 0 Å². The van der Waals surface area contributed by atoms with Gasteiger partial charge in [-0.05, 0) is 39.2 Å². The monoisotopic (exact) mass is 207 g/mol. The third kappa shape index (κ3) is 1.91. The molecule has 3 nitrogen and oxygen atoms in total. The molecule has 2 rings (SSSR count). The number of nitrogens with zero attached hydrogens (tertiary/aromatic N) is 1. The molecule has 0 radical (unpaired) electrons. The van der Waals surface area contributed by atoms with Gasteiger partial charge in [-0.3, -0.25) is 4.79 Å². The molecule has 3 heteroatoms. The number of piperidine rings is 1. The van der Waals surface area contributed by atoms with E-state index in [1.807, 2.05) is 11.8 Å². The number of amides is 1. The fourth-order valence-corrected chi connectivity index (χ4v) is 2.16. The van der Waals surface area contributed by atoms with Gasteiger partial charge in [0.2, 0.25) is 0 Å². The molecule has 1 atom stereocenters. The summed E-state index contributed by atoms with van der Waals surface area (Å²) < 4.78 is 5.16. The summed E-state index contributed by atoms with van der Waals surface area (Å²) in [6.45, 7) is 4.83. The number of likely N-dealkylation sites (tertiary alicyclic amines) is 1. The molecule has 0 bridgehead atoms. The molecule has 0 aliphatic carbocycles. The summed E-state index contributed by atoms with van der Waals surface area (Å²) in [6.07, 6.45) is 5.04. The minimum atomic E-state index is 0.119. The van der Waals surface area contributed by atoms with Crippen LogP contribution in [0, 0.1) is 6.92 Å². The third-order valence-electron chi connectivity index (χ3n) is 3.15. The minimum absolute atomic E-state index is 0.119. The Bertz CT molecular complexity index is 356. The lowest BCUT2D eigenvalue weighted by Gasteiger charge is -2.33. The highest BCUT2D eigenvalue weighted by atomic mass is 16.3. The van der Waals surface area contributed by atoms with E-state index in [2.05, 4.69) is 6.92 Å². The molecule has 0 spiro atoms. The van der Waals surface area contributed by atoms with Crippen LogP contribution in [-0.4, -0.2) is 23.4 Å². The lowest BCUT2D eigenvalue weighted by atomic mass is 10.0. The summed E-state index contributed by atoms with van der Waals surface area (Å²) >= 11 is 0. The van der Waals surface area contributed by atoms with Crippen molar-refractivity contribution >= 4 is 5.91 Å². The molecule has 15 heavy (non-hydrogen) atoms. The molecule has 1 amide bonds. The van der Waals surface area contributed by atoms with Gasteiger partial charge in [-0.1, -0.05) is 0 Å². The van der Waals surface area contributed by atoms with E-state index in [1.165, 1.54) is 6.42 Å². The number of aryl methyl sites for hydroxylation is 1. The van der Waals surface area contributed by atoms with Gasteiger partial charge in [0.15, 0.2) is 0 Å². The van der Waals surface area contributed by atoms with Crippen molar-refractivity contribution in [3.63, 3.8) is 0 Å². The van der Waals surface area contributed by atoms with Gasteiger partial charge in [0.05, 0.1) is 11.8 Å². The Balaban J connectivity index is 2.17. The zero-order valence-corrected chi connectivity index (χ0v) is 9.32. The van der Waals surface area contributed by atoms with Crippen molar-refractivity contribution in [2.24, 2.45) is 0 Å². The van der Waals surface area contributed by atoms with Crippen LogP contribution in [0.3, 0.4) is 0 Å². The highest BCUT2D eigenvalue weighted by molar-refractivity contribution is 5.95. The standard InChI is InChI=1S/C12H17NO2/c1-9-5-3-4-7-13(9)12(14)11-6-8-15-10(11)2/h6,8-9H,3-5,7H2,1-2H3. The second kappa shape index (κ2) is 4.09. The highest BCUT2D eigenvalue weighted by Gasteiger charge is 2.25. The fourth-order valence-electron chi connectivity index (χ4n) is 2.16. The molecule has 82 valence electrons. The number of hydrogen-bond acceptors (Lipinski definition) is 2. The summed E-state index contributed by atoms with van der Waals surface area (Å²) in [6, 6.07) is 2.12. The van der Waals surface area contributed by atoms with Crippen LogP contribution in [-0.2, 0) is 0 Å². The molecular weight excluding hydrogens is 190 g/mol. The summed E-state index contributed by atoms with van der Waals surface area (Å²) in [4.78, 5) is 14.1. The fraction of sp³-hybridized carbons (Fsp3) is 0.583. The van der Waals surface area contributed by atoms with Gasteiger partial charge in [-0.15, -0.1) is 0 Å². The van der Waals surface area contributed by atoms with Crippen molar-refractivity contribution in [3.05, 3.63) is 23.7 Å². The van der Waals surface area contributed by atoms with Crippen LogP contribution < -0.4 is 0 Å². The quantitative estimate of drug-likeness (QED) is 0.709. The van der Waals surface area contributed by atoms with Crippen molar-refractivity contribution in [1.29, 1.82) is 0 Å². The predicted molar refractivity (Wildman–Crippen MR) is 57.8 cm³/mol. The molecule has 1 aliphatic heterocycles. The summed E-state index contributed by atoms with van der Waals surface area (Å²) in [5.41, 5.74) is 0.712. The predicted octanol–water partition coefficient (Wildman–Crippen LogP) is 2.60. The van der Waals surface area contributed by atoms with E-state index < -0.39 is 0 Å². The molecule has 1 aromatic rings. The number of furan rings is 1. The van der Waals surface area contributed by atoms with E-state index in [1.54, 1.807) is 12.3 Å². The first-order valence-electron chi connectivity index (χ1n) is 5.55. The first kappa shape index (κ1) is 10.3. The molecule has 0 aromatic carbocycles. The van der Waals surface area contributed by atoms with Crippen LogP contribution in [0.1, 0.15) is 42.3 Å². The SMILES string of the molecule is Cc1occc1C(=O)N1CCCCC1C. The Morgan fingerprint density at radius 3 is 2.93 bits per heavy atom. The lowest BCUT2D eigenvalue weighted by Crippen LogP contribution is -2.42. The van der Waals surface area contributed by atoms with E-state index >= 15 is 0 Å². The third-order valence-corrected chi connectivity index (χ3v) is 3.15. The second-order valence-electron chi connectivity index (χ2n) is 4.23. The van der Waals surface area contributed by atoms with E-state index in [0.717, 1.165) is 25.1 Å². The van der Waals surface area contributed by atoms with Crippen LogP contribution in [0.2, 0.25) is 0 Å². The largest absolute Gasteiger partial charge is 0.469 e. The summed E-state index contributed by atoms with van der Waals surface area (Å²) in [5.74, 6) is 0.839. The van der Waals surface area contributed by atoms with E-state index in [9.17, 15) is 4.79 Å². The smallest absolute Gasteiger partial charge is 0.257 e. The maximum atomic E-state index is 12.2. The minimum Gasteiger partial charge on any atom is -0.469 e. The highest BCUT2D eigenvalue weighted by Crippen LogP contribution is 2.20. The molecule has 1 fully saturated rings. The van der Waals surface area contributed by atoms with Crippen LogP contribution in [0.15, 0.2) is 16.7 Å². The maximum absolute atomic E-state index is 12.2. The van der Waals surface area contributed by atoms with E-state index in [4.69, 9.17) is 4.42 Å². The lowest BCUT2D eigenvalue weighted by molar-refractivity contribution is 0.0634. The topological polar surface area (TPSA) is 33.5 Å². The Labute approximate surface area is 90.1 Å². The molecule has 0 N–H and O–H groups in total. The van der Waals surface area contributed by atoms with E-state index in [0.29, 0.717) is 11.6 Å². The van der Waals surface area contributed by atoms with E-state index in [-0.39, 0.29) is 5.91 Å². The van der Waals surface area contributed by atoms with Gasteiger partial charge in [-0.2, -0.15) is 0 Å². The van der Waals surface area contributed by atoms with Crippen molar-refractivity contribution < 1.29 is 9.21 Å². The molecule has 0 saturated carbocycles. The molecule has 1 saturated heterocycles. The summed E-state index contributed by atoms with van der Waals surface area (Å²) in [5, 5.41) is 0. The zero-order chi connectivity index (χ0) is 10.8. The van der Waals surface area contributed by atoms with Gasteiger partial charge >= 0.3 is 0 Å². The van der Waals surface area contributed by atoms with Crippen molar-refractivity contribution in [2.75, 3.05) is 6.54 Å². The van der Waals surface area contributed by atoms with Crippen molar-refractivity contribution in [1.82, 2.24) is 4.90 Å². The van der Waals surface area contributed by atoms with Crippen LogP contribution in [0.4, 0.5) is 0 Å². The maximum Gasteiger partial charge on any atom is 0.257 e. The Morgan fingerprint density at radius 2 is 2.33 bits per heavy atom. The summed E-state index contributed by atoms with van der Waals surface area (Å²) in [7, 11) is 0. The Hall–Kier alpha value is -1.25. The zero-order valence-electron chi connectivity index (χ0n) is 9.32. The normalized spacial score (nSPS) is 21.7. The van der Waals surface area contributed by atoms with Crippen LogP contribution in [0.25, 0.3) is 0 Å². The molecule has 1 unspecified atom stereocenters. The number of carbonyl (C=O) groups is 1. The average Bonchev–Trinajstić information content (AvgIpc) is 2.64. The molecule has 1 aromatic heterocycles. The number of carbonyl (C=O) groups excluding carboxylic acids is 1. The molecule has 2 heterocycles.